The van der Waals surface area contributed by atoms with E-state index in [1.807, 2.05) is 24.3 Å². The van der Waals surface area contributed by atoms with Crippen LogP contribution in [-0.4, -0.2) is 41.1 Å². The number of likely N-dealkylation sites (tertiary alicyclic amines) is 1. The van der Waals surface area contributed by atoms with Gasteiger partial charge in [0.2, 0.25) is 5.95 Å². The van der Waals surface area contributed by atoms with Crippen LogP contribution in [0.2, 0.25) is 0 Å². The van der Waals surface area contributed by atoms with Crippen molar-refractivity contribution in [3.8, 4) is 5.75 Å². The summed E-state index contributed by atoms with van der Waals surface area (Å²) in [5.74, 6) is 1.41. The molecule has 1 aliphatic rings. The standard InChI is InChI=1S/C23H28N4O2/c28-22-20-10-2-3-11-21(20)25-23(26-22)24-12-7-15-29-19-9-6-8-18(16-19)17-27-13-4-1-5-14-27/h2-3,6,8-11,16H,1,4-5,7,12-15,17H2,(H2,24,25,26,28). The number of aromatic amines is 1. The number of benzene rings is 2. The molecule has 1 aromatic heterocycles. The highest BCUT2D eigenvalue weighted by molar-refractivity contribution is 5.78. The molecule has 2 aromatic carbocycles. The van der Waals surface area contributed by atoms with Crippen LogP contribution < -0.4 is 15.6 Å². The molecule has 0 radical (unpaired) electrons. The van der Waals surface area contributed by atoms with Gasteiger partial charge in [-0.05, 0) is 62.2 Å². The van der Waals surface area contributed by atoms with Gasteiger partial charge in [0.05, 0.1) is 17.5 Å². The molecular formula is C23H28N4O2. The van der Waals surface area contributed by atoms with Gasteiger partial charge in [-0.3, -0.25) is 14.7 Å². The van der Waals surface area contributed by atoms with Gasteiger partial charge in [-0.1, -0.05) is 30.7 Å². The Labute approximate surface area is 170 Å². The van der Waals surface area contributed by atoms with Crippen LogP contribution in [0.15, 0.2) is 53.3 Å². The van der Waals surface area contributed by atoms with Gasteiger partial charge in [-0.2, -0.15) is 0 Å². The number of hydrogen-bond acceptors (Lipinski definition) is 5. The zero-order chi connectivity index (χ0) is 19.9. The van der Waals surface area contributed by atoms with Gasteiger partial charge in [0, 0.05) is 13.1 Å². The van der Waals surface area contributed by atoms with Gasteiger partial charge in [-0.25, -0.2) is 4.98 Å². The Kier molecular flexibility index (Phi) is 6.42. The predicted octanol–water partition coefficient (Wildman–Crippen LogP) is 3.79. The van der Waals surface area contributed by atoms with Crippen LogP contribution in [-0.2, 0) is 6.54 Å². The Morgan fingerprint density at radius 2 is 1.93 bits per heavy atom. The summed E-state index contributed by atoms with van der Waals surface area (Å²) in [5, 5.41) is 3.78. The minimum Gasteiger partial charge on any atom is -0.494 e. The van der Waals surface area contributed by atoms with Gasteiger partial charge < -0.3 is 10.1 Å². The van der Waals surface area contributed by atoms with E-state index in [9.17, 15) is 4.79 Å². The molecule has 2 N–H and O–H groups in total. The second kappa shape index (κ2) is 9.56. The van der Waals surface area contributed by atoms with E-state index >= 15 is 0 Å². The van der Waals surface area contributed by atoms with Crippen molar-refractivity contribution < 1.29 is 4.74 Å². The number of piperidine rings is 1. The van der Waals surface area contributed by atoms with Crippen molar-refractivity contribution in [1.29, 1.82) is 0 Å². The van der Waals surface area contributed by atoms with Crippen LogP contribution in [0.4, 0.5) is 5.95 Å². The molecule has 0 saturated carbocycles. The van der Waals surface area contributed by atoms with Crippen LogP contribution in [0.5, 0.6) is 5.75 Å². The lowest BCUT2D eigenvalue weighted by Gasteiger charge is -2.26. The number of hydrogen-bond donors (Lipinski definition) is 2. The molecule has 0 aliphatic carbocycles. The van der Waals surface area contributed by atoms with Crippen molar-refractivity contribution in [3.63, 3.8) is 0 Å². The maximum Gasteiger partial charge on any atom is 0.260 e. The molecule has 2 heterocycles. The summed E-state index contributed by atoms with van der Waals surface area (Å²) in [4.78, 5) is 21.8. The summed E-state index contributed by atoms with van der Waals surface area (Å²) in [6.07, 6.45) is 4.78. The molecule has 29 heavy (non-hydrogen) atoms. The third-order valence-corrected chi connectivity index (χ3v) is 5.25. The minimum atomic E-state index is -0.125. The lowest BCUT2D eigenvalue weighted by molar-refractivity contribution is 0.220. The summed E-state index contributed by atoms with van der Waals surface area (Å²) >= 11 is 0. The van der Waals surface area contributed by atoms with Crippen molar-refractivity contribution in [2.75, 3.05) is 31.6 Å². The molecule has 3 aromatic rings. The Morgan fingerprint density at radius 1 is 1.07 bits per heavy atom. The average molecular weight is 393 g/mol. The normalized spacial score (nSPS) is 14.8. The minimum absolute atomic E-state index is 0.125. The Bertz CT molecular complexity index is 995. The predicted molar refractivity (Wildman–Crippen MR) is 117 cm³/mol. The van der Waals surface area contributed by atoms with Gasteiger partial charge in [0.15, 0.2) is 0 Å². The average Bonchev–Trinajstić information content (AvgIpc) is 2.75. The van der Waals surface area contributed by atoms with E-state index in [0.29, 0.717) is 30.0 Å². The van der Waals surface area contributed by atoms with Crippen LogP contribution in [0, 0.1) is 0 Å². The van der Waals surface area contributed by atoms with Gasteiger partial charge in [-0.15, -0.1) is 0 Å². The summed E-state index contributed by atoms with van der Waals surface area (Å²) in [6, 6.07) is 15.7. The first-order valence-corrected chi connectivity index (χ1v) is 10.4. The van der Waals surface area contributed by atoms with E-state index < -0.39 is 0 Å². The fourth-order valence-electron chi connectivity index (χ4n) is 3.75. The quantitative estimate of drug-likeness (QED) is 0.571. The number of ether oxygens (including phenoxy) is 1. The number of rotatable bonds is 8. The smallest absolute Gasteiger partial charge is 0.260 e. The molecular weight excluding hydrogens is 364 g/mol. The summed E-state index contributed by atoms with van der Waals surface area (Å²) in [7, 11) is 0. The molecule has 0 atom stereocenters. The summed E-state index contributed by atoms with van der Waals surface area (Å²) in [6.45, 7) is 4.68. The fraction of sp³-hybridized carbons (Fsp3) is 0.391. The molecule has 6 nitrogen and oxygen atoms in total. The number of H-pyrrole nitrogens is 1. The monoisotopic (exact) mass is 392 g/mol. The molecule has 1 fully saturated rings. The van der Waals surface area contributed by atoms with E-state index in [1.54, 1.807) is 6.07 Å². The number of para-hydroxylation sites is 1. The Balaban J connectivity index is 1.23. The molecule has 0 spiro atoms. The zero-order valence-electron chi connectivity index (χ0n) is 16.7. The van der Waals surface area contributed by atoms with Crippen LogP contribution in [0.3, 0.4) is 0 Å². The highest BCUT2D eigenvalue weighted by atomic mass is 16.5. The third-order valence-electron chi connectivity index (χ3n) is 5.25. The highest BCUT2D eigenvalue weighted by Gasteiger charge is 2.10. The zero-order valence-corrected chi connectivity index (χ0v) is 16.7. The topological polar surface area (TPSA) is 70.2 Å². The first kappa shape index (κ1) is 19.5. The second-order valence-electron chi connectivity index (χ2n) is 7.54. The molecule has 4 rings (SSSR count). The lowest BCUT2D eigenvalue weighted by Crippen LogP contribution is -2.29. The fourth-order valence-corrected chi connectivity index (χ4v) is 3.75. The molecule has 0 unspecified atom stereocenters. The van der Waals surface area contributed by atoms with Crippen LogP contribution in [0.1, 0.15) is 31.2 Å². The number of anilines is 1. The summed E-state index contributed by atoms with van der Waals surface area (Å²) < 4.78 is 5.92. The van der Waals surface area contributed by atoms with E-state index in [2.05, 4.69) is 38.4 Å². The van der Waals surface area contributed by atoms with Gasteiger partial charge >= 0.3 is 0 Å². The maximum atomic E-state index is 12.1. The van der Waals surface area contributed by atoms with Gasteiger partial charge in [0.25, 0.3) is 5.56 Å². The van der Waals surface area contributed by atoms with E-state index in [4.69, 9.17) is 4.74 Å². The molecule has 0 amide bonds. The maximum absolute atomic E-state index is 12.1. The molecule has 0 bridgehead atoms. The van der Waals surface area contributed by atoms with Crippen molar-refractivity contribution in [2.45, 2.75) is 32.2 Å². The van der Waals surface area contributed by atoms with Crippen LogP contribution in [0.25, 0.3) is 10.9 Å². The summed E-state index contributed by atoms with van der Waals surface area (Å²) in [5.41, 5.74) is 1.88. The number of nitrogens with one attached hydrogen (secondary N) is 2. The van der Waals surface area contributed by atoms with E-state index in [-0.39, 0.29) is 5.56 Å². The van der Waals surface area contributed by atoms with E-state index in [1.165, 1.54) is 37.9 Å². The number of aromatic nitrogens is 2. The molecule has 152 valence electrons. The third kappa shape index (κ3) is 5.35. The lowest BCUT2D eigenvalue weighted by atomic mass is 10.1. The largest absolute Gasteiger partial charge is 0.494 e. The Hall–Kier alpha value is -2.86. The second-order valence-corrected chi connectivity index (χ2v) is 7.54. The van der Waals surface area contributed by atoms with E-state index in [0.717, 1.165) is 18.7 Å². The Morgan fingerprint density at radius 3 is 2.83 bits per heavy atom. The highest BCUT2D eigenvalue weighted by Crippen LogP contribution is 2.17. The van der Waals surface area contributed by atoms with Crippen molar-refractivity contribution in [2.24, 2.45) is 0 Å². The molecule has 1 aliphatic heterocycles. The van der Waals surface area contributed by atoms with Gasteiger partial charge in [0.1, 0.15) is 5.75 Å². The first-order chi connectivity index (χ1) is 14.3. The van der Waals surface area contributed by atoms with Crippen molar-refractivity contribution >= 4 is 16.9 Å². The number of fused-ring (bicyclic) bond motifs is 1. The van der Waals surface area contributed by atoms with Crippen molar-refractivity contribution in [1.82, 2.24) is 14.9 Å². The van der Waals surface area contributed by atoms with Crippen LogP contribution >= 0.6 is 0 Å². The molecule has 1 saturated heterocycles. The molecule has 6 heteroatoms. The van der Waals surface area contributed by atoms with Crippen molar-refractivity contribution in [3.05, 3.63) is 64.4 Å². The number of nitrogens with zero attached hydrogens (tertiary/aromatic N) is 2. The SMILES string of the molecule is O=c1[nH]c(NCCCOc2cccc(CN3CCCCC3)c2)nc2ccccc12. The first-order valence-electron chi connectivity index (χ1n) is 10.4.